The van der Waals surface area contributed by atoms with Crippen LogP contribution in [0.25, 0.3) is 0 Å². The first kappa shape index (κ1) is 16.3. The first-order valence-corrected chi connectivity index (χ1v) is 8.35. The summed E-state index contributed by atoms with van der Waals surface area (Å²) in [5.41, 5.74) is 1.12. The van der Waals surface area contributed by atoms with E-state index in [1.165, 1.54) is 32.4 Å². The van der Waals surface area contributed by atoms with E-state index in [2.05, 4.69) is 10.2 Å². The molecule has 0 bridgehead atoms. The number of amides is 1. The van der Waals surface area contributed by atoms with Crippen molar-refractivity contribution < 1.29 is 4.79 Å². The zero-order valence-corrected chi connectivity index (χ0v) is 13.4. The van der Waals surface area contributed by atoms with Gasteiger partial charge in [-0.05, 0) is 63.0 Å². The van der Waals surface area contributed by atoms with Crippen LogP contribution >= 0.6 is 11.6 Å². The molecule has 1 aromatic rings. The smallest absolute Gasteiger partial charge is 0.220 e. The molecule has 2 rings (SSSR count). The molecule has 1 N–H and O–H groups in total. The SMILES string of the molecule is O=C(CCc1cccc(Cl)c1)NCCCN1CCCCC1. The van der Waals surface area contributed by atoms with Gasteiger partial charge in [-0.15, -0.1) is 0 Å². The highest BCUT2D eigenvalue weighted by Crippen LogP contribution is 2.12. The average molecular weight is 309 g/mol. The van der Waals surface area contributed by atoms with E-state index in [1.807, 2.05) is 24.3 Å². The van der Waals surface area contributed by atoms with E-state index in [0.29, 0.717) is 6.42 Å². The highest BCUT2D eigenvalue weighted by Gasteiger charge is 2.09. The summed E-state index contributed by atoms with van der Waals surface area (Å²) in [6, 6.07) is 7.71. The number of piperidine rings is 1. The van der Waals surface area contributed by atoms with Gasteiger partial charge in [-0.1, -0.05) is 30.2 Å². The fourth-order valence-corrected chi connectivity index (χ4v) is 2.97. The van der Waals surface area contributed by atoms with Gasteiger partial charge in [0.05, 0.1) is 0 Å². The zero-order valence-electron chi connectivity index (χ0n) is 12.6. The van der Waals surface area contributed by atoms with Crippen molar-refractivity contribution >= 4 is 17.5 Å². The number of nitrogens with zero attached hydrogens (tertiary/aromatic N) is 1. The molecule has 0 saturated carbocycles. The Bertz CT molecular complexity index is 444. The fraction of sp³-hybridized carbons (Fsp3) is 0.588. The number of nitrogens with one attached hydrogen (secondary N) is 1. The number of carbonyl (C=O) groups excluding carboxylic acids is 1. The molecule has 1 aromatic carbocycles. The van der Waals surface area contributed by atoms with E-state index in [4.69, 9.17) is 11.6 Å². The van der Waals surface area contributed by atoms with Crippen molar-refractivity contribution in [2.24, 2.45) is 0 Å². The van der Waals surface area contributed by atoms with E-state index in [9.17, 15) is 4.79 Å². The maximum absolute atomic E-state index is 11.8. The number of benzene rings is 1. The number of rotatable bonds is 7. The minimum Gasteiger partial charge on any atom is -0.356 e. The van der Waals surface area contributed by atoms with Crippen LogP contribution in [-0.4, -0.2) is 37.0 Å². The number of carbonyl (C=O) groups is 1. The Morgan fingerprint density at radius 3 is 2.81 bits per heavy atom. The lowest BCUT2D eigenvalue weighted by Crippen LogP contribution is -2.33. The van der Waals surface area contributed by atoms with Crippen molar-refractivity contribution in [1.29, 1.82) is 0 Å². The lowest BCUT2D eigenvalue weighted by Gasteiger charge is -2.26. The van der Waals surface area contributed by atoms with Crippen LogP contribution < -0.4 is 5.32 Å². The van der Waals surface area contributed by atoms with Crippen molar-refractivity contribution in [1.82, 2.24) is 10.2 Å². The number of aryl methyl sites for hydroxylation is 1. The minimum atomic E-state index is 0.133. The molecule has 0 atom stereocenters. The minimum absolute atomic E-state index is 0.133. The van der Waals surface area contributed by atoms with E-state index >= 15 is 0 Å². The summed E-state index contributed by atoms with van der Waals surface area (Å²) < 4.78 is 0. The van der Waals surface area contributed by atoms with Gasteiger partial charge in [0.1, 0.15) is 0 Å². The molecule has 4 heteroatoms. The van der Waals surface area contributed by atoms with Gasteiger partial charge in [0.25, 0.3) is 0 Å². The second kappa shape index (κ2) is 9.06. The van der Waals surface area contributed by atoms with E-state index in [-0.39, 0.29) is 5.91 Å². The molecule has 1 aliphatic heterocycles. The Hall–Kier alpha value is -1.06. The van der Waals surface area contributed by atoms with Crippen LogP contribution in [0, 0.1) is 0 Å². The van der Waals surface area contributed by atoms with E-state index < -0.39 is 0 Å². The Morgan fingerprint density at radius 1 is 1.24 bits per heavy atom. The van der Waals surface area contributed by atoms with Crippen molar-refractivity contribution in [2.45, 2.75) is 38.5 Å². The molecule has 1 aliphatic rings. The summed E-state index contributed by atoms with van der Waals surface area (Å²) in [7, 11) is 0. The first-order valence-electron chi connectivity index (χ1n) is 7.97. The Morgan fingerprint density at radius 2 is 2.05 bits per heavy atom. The lowest BCUT2D eigenvalue weighted by atomic mass is 10.1. The normalized spacial score (nSPS) is 15.9. The van der Waals surface area contributed by atoms with Gasteiger partial charge in [0, 0.05) is 18.0 Å². The Labute approximate surface area is 132 Å². The first-order chi connectivity index (χ1) is 10.2. The van der Waals surface area contributed by atoms with E-state index in [0.717, 1.165) is 36.5 Å². The molecule has 116 valence electrons. The molecule has 1 amide bonds. The molecular weight excluding hydrogens is 284 g/mol. The number of hydrogen-bond donors (Lipinski definition) is 1. The molecule has 0 spiro atoms. The van der Waals surface area contributed by atoms with Crippen molar-refractivity contribution in [3.63, 3.8) is 0 Å². The molecule has 0 radical (unpaired) electrons. The average Bonchev–Trinajstić information content (AvgIpc) is 2.51. The van der Waals surface area contributed by atoms with Crippen LogP contribution in [0.1, 0.15) is 37.7 Å². The van der Waals surface area contributed by atoms with Gasteiger partial charge in [-0.2, -0.15) is 0 Å². The lowest BCUT2D eigenvalue weighted by molar-refractivity contribution is -0.121. The third-order valence-electron chi connectivity index (χ3n) is 3.95. The Kier molecular flexibility index (Phi) is 7.04. The molecule has 0 aliphatic carbocycles. The van der Waals surface area contributed by atoms with Crippen LogP contribution in [0.5, 0.6) is 0 Å². The third-order valence-corrected chi connectivity index (χ3v) is 4.19. The molecule has 0 unspecified atom stereocenters. The highest BCUT2D eigenvalue weighted by molar-refractivity contribution is 6.30. The molecule has 3 nitrogen and oxygen atoms in total. The monoisotopic (exact) mass is 308 g/mol. The molecular formula is C17H25ClN2O. The van der Waals surface area contributed by atoms with Crippen LogP contribution in [0.3, 0.4) is 0 Å². The third kappa shape index (κ3) is 6.49. The van der Waals surface area contributed by atoms with Crippen LogP contribution in [0.15, 0.2) is 24.3 Å². The Balaban J connectivity index is 1.55. The summed E-state index contributed by atoms with van der Waals surface area (Å²) in [4.78, 5) is 14.3. The molecule has 0 aromatic heterocycles. The summed E-state index contributed by atoms with van der Waals surface area (Å²) >= 11 is 5.93. The van der Waals surface area contributed by atoms with Crippen LogP contribution in [0.4, 0.5) is 0 Å². The second-order valence-corrected chi connectivity index (χ2v) is 6.17. The largest absolute Gasteiger partial charge is 0.356 e. The molecule has 1 saturated heterocycles. The summed E-state index contributed by atoms with van der Waals surface area (Å²) in [5, 5.41) is 3.74. The second-order valence-electron chi connectivity index (χ2n) is 5.74. The zero-order chi connectivity index (χ0) is 14.9. The molecule has 1 heterocycles. The van der Waals surface area contributed by atoms with Gasteiger partial charge in [0.15, 0.2) is 0 Å². The van der Waals surface area contributed by atoms with Crippen LogP contribution in [0.2, 0.25) is 5.02 Å². The van der Waals surface area contributed by atoms with Crippen LogP contribution in [-0.2, 0) is 11.2 Å². The fourth-order valence-electron chi connectivity index (χ4n) is 2.75. The molecule has 21 heavy (non-hydrogen) atoms. The summed E-state index contributed by atoms with van der Waals surface area (Å²) in [5.74, 6) is 0.133. The maximum Gasteiger partial charge on any atom is 0.220 e. The number of likely N-dealkylation sites (tertiary alicyclic amines) is 1. The predicted molar refractivity (Wildman–Crippen MR) is 87.7 cm³/mol. The topological polar surface area (TPSA) is 32.3 Å². The number of hydrogen-bond acceptors (Lipinski definition) is 2. The van der Waals surface area contributed by atoms with E-state index in [1.54, 1.807) is 0 Å². The summed E-state index contributed by atoms with van der Waals surface area (Å²) in [6.07, 6.45) is 6.35. The van der Waals surface area contributed by atoms with Crippen molar-refractivity contribution in [2.75, 3.05) is 26.2 Å². The quantitative estimate of drug-likeness (QED) is 0.784. The predicted octanol–water partition coefficient (Wildman–Crippen LogP) is 3.26. The van der Waals surface area contributed by atoms with Gasteiger partial charge < -0.3 is 10.2 Å². The van der Waals surface area contributed by atoms with Gasteiger partial charge in [-0.25, -0.2) is 0 Å². The standard InChI is InChI=1S/C17H25ClN2O/c18-16-7-4-6-15(14-16)8-9-17(21)19-10-5-13-20-11-2-1-3-12-20/h4,6-7,14H,1-3,5,8-13H2,(H,19,21). The highest BCUT2D eigenvalue weighted by atomic mass is 35.5. The van der Waals surface area contributed by atoms with Gasteiger partial charge in [0.2, 0.25) is 5.91 Å². The number of halogens is 1. The van der Waals surface area contributed by atoms with Crippen molar-refractivity contribution in [3.05, 3.63) is 34.9 Å². The summed E-state index contributed by atoms with van der Waals surface area (Å²) in [6.45, 7) is 4.34. The van der Waals surface area contributed by atoms with Crippen molar-refractivity contribution in [3.8, 4) is 0 Å². The molecule has 1 fully saturated rings. The van der Waals surface area contributed by atoms with Gasteiger partial charge >= 0.3 is 0 Å². The van der Waals surface area contributed by atoms with Gasteiger partial charge in [-0.3, -0.25) is 4.79 Å². The maximum atomic E-state index is 11.8.